The predicted octanol–water partition coefficient (Wildman–Crippen LogP) is 16.6. The fourth-order valence-corrected chi connectivity index (χ4v) is 10.5. The maximum atomic E-state index is 2.43. The van der Waals surface area contributed by atoms with Gasteiger partial charge in [-0.1, -0.05) is 164 Å². The molecule has 11 aromatic carbocycles. The van der Waals surface area contributed by atoms with Crippen LogP contribution in [0.2, 0.25) is 0 Å². The Morgan fingerprint density at radius 1 is 0.293 bits per heavy atom. The average Bonchev–Trinajstić information content (AvgIpc) is 3.69. The monoisotopic (exact) mass is 753 g/mol. The highest BCUT2D eigenvalue weighted by Gasteiger charge is 2.19. The van der Waals surface area contributed by atoms with Gasteiger partial charge in [-0.2, -0.15) is 0 Å². The van der Waals surface area contributed by atoms with Gasteiger partial charge in [0.25, 0.3) is 0 Å². The van der Waals surface area contributed by atoms with Crippen molar-refractivity contribution in [3.05, 3.63) is 212 Å². The van der Waals surface area contributed by atoms with E-state index in [2.05, 4.69) is 217 Å². The van der Waals surface area contributed by atoms with Crippen molar-refractivity contribution in [3.8, 4) is 22.3 Å². The third-order valence-corrected chi connectivity index (χ3v) is 13.2. The molecule has 12 aromatic rings. The van der Waals surface area contributed by atoms with E-state index in [1.54, 1.807) is 0 Å². The fraction of sp³-hybridized carbons (Fsp3) is 0. The summed E-state index contributed by atoms with van der Waals surface area (Å²) in [4.78, 5) is 2.43. The lowest BCUT2D eigenvalue weighted by molar-refractivity contribution is 1.30. The van der Waals surface area contributed by atoms with E-state index in [9.17, 15) is 0 Å². The van der Waals surface area contributed by atoms with Gasteiger partial charge in [0.05, 0.1) is 10.4 Å². The van der Waals surface area contributed by atoms with Crippen LogP contribution in [-0.4, -0.2) is 0 Å². The van der Waals surface area contributed by atoms with Crippen molar-refractivity contribution < 1.29 is 0 Å². The molecule has 58 heavy (non-hydrogen) atoms. The van der Waals surface area contributed by atoms with Gasteiger partial charge in [0, 0.05) is 26.8 Å². The molecule has 1 nitrogen and oxygen atoms in total. The number of nitrogens with zero attached hydrogens (tertiary/aromatic N) is 1. The molecule has 0 unspecified atom stereocenters. The first-order valence-corrected chi connectivity index (χ1v) is 20.7. The van der Waals surface area contributed by atoms with Gasteiger partial charge in [-0.15, -0.1) is 11.3 Å². The standard InChI is InChI=1S/C56H35NS/c1-2-13-42-39(12-1)35-52(47-18-7-3-14-43(42)47)37-26-31-41(32-27-37)57(54-22-11-21-51-50-20-9-10-23-55(50)58-56(51)54)40-29-24-36(25-30-40)38-28-33-49-46-17-5-4-15-44(46)45-16-6-8-19-48(45)53(49)34-38/h1-35H. The highest BCUT2D eigenvalue weighted by atomic mass is 32.1. The van der Waals surface area contributed by atoms with Gasteiger partial charge in [-0.25, -0.2) is 0 Å². The second-order valence-corrected chi connectivity index (χ2v) is 16.3. The van der Waals surface area contributed by atoms with Crippen LogP contribution in [0.1, 0.15) is 0 Å². The summed E-state index contributed by atoms with van der Waals surface area (Å²) < 4.78 is 2.58. The summed E-state index contributed by atoms with van der Waals surface area (Å²) in [6, 6.07) is 78.2. The SMILES string of the molecule is c1ccc2c(c1)cc(-c1ccc(N(c3ccc(-c4ccc5c6ccccc6c6ccccc6c5c4)cc3)c3cccc4c3sc3ccccc34)cc1)c1ccccc12. The van der Waals surface area contributed by atoms with Crippen molar-refractivity contribution >= 4 is 102 Å². The molecule has 0 fully saturated rings. The molecule has 1 aromatic heterocycles. The normalized spacial score (nSPS) is 11.8. The zero-order chi connectivity index (χ0) is 38.2. The lowest BCUT2D eigenvalue weighted by Gasteiger charge is -2.26. The van der Waals surface area contributed by atoms with E-state index in [0.717, 1.165) is 11.4 Å². The largest absolute Gasteiger partial charge is 0.309 e. The molecule has 0 amide bonds. The van der Waals surface area contributed by atoms with E-state index in [4.69, 9.17) is 0 Å². The molecule has 12 rings (SSSR count). The van der Waals surface area contributed by atoms with Gasteiger partial charge in [0.15, 0.2) is 0 Å². The maximum Gasteiger partial charge on any atom is 0.0640 e. The van der Waals surface area contributed by atoms with Crippen molar-refractivity contribution in [2.24, 2.45) is 0 Å². The summed E-state index contributed by atoms with van der Waals surface area (Å²) in [5.41, 5.74) is 8.29. The fourth-order valence-electron chi connectivity index (χ4n) is 9.31. The van der Waals surface area contributed by atoms with Crippen LogP contribution >= 0.6 is 11.3 Å². The molecule has 1 heterocycles. The summed E-state index contributed by atoms with van der Waals surface area (Å²) in [6.45, 7) is 0. The second kappa shape index (κ2) is 13.2. The van der Waals surface area contributed by atoms with Crippen molar-refractivity contribution in [1.29, 1.82) is 0 Å². The Morgan fingerprint density at radius 3 is 1.45 bits per heavy atom. The minimum Gasteiger partial charge on any atom is -0.309 e. The zero-order valence-corrected chi connectivity index (χ0v) is 32.4. The van der Waals surface area contributed by atoms with Crippen LogP contribution in [0.4, 0.5) is 17.1 Å². The van der Waals surface area contributed by atoms with E-state index in [1.807, 2.05) is 11.3 Å². The van der Waals surface area contributed by atoms with Gasteiger partial charge < -0.3 is 4.90 Å². The molecule has 0 saturated heterocycles. The Hall–Kier alpha value is -7.26. The predicted molar refractivity (Wildman–Crippen MR) is 252 cm³/mol. The number of thiophene rings is 1. The first kappa shape index (κ1) is 32.9. The third kappa shape index (κ3) is 5.16. The molecule has 0 N–H and O–H groups in total. The summed E-state index contributed by atoms with van der Waals surface area (Å²) in [5.74, 6) is 0. The van der Waals surface area contributed by atoms with Crippen molar-refractivity contribution in [2.45, 2.75) is 0 Å². The van der Waals surface area contributed by atoms with Crippen LogP contribution < -0.4 is 4.90 Å². The Morgan fingerprint density at radius 2 is 0.776 bits per heavy atom. The minimum atomic E-state index is 1.12. The summed E-state index contributed by atoms with van der Waals surface area (Å²) >= 11 is 1.87. The van der Waals surface area contributed by atoms with Crippen LogP contribution in [0.25, 0.3) is 96.3 Å². The van der Waals surface area contributed by atoms with Gasteiger partial charge >= 0.3 is 0 Å². The van der Waals surface area contributed by atoms with E-state index in [-0.39, 0.29) is 0 Å². The van der Waals surface area contributed by atoms with Crippen LogP contribution in [0.15, 0.2) is 212 Å². The molecule has 0 aliphatic rings. The molecule has 2 heteroatoms. The molecule has 0 aliphatic heterocycles. The van der Waals surface area contributed by atoms with Crippen LogP contribution in [0, 0.1) is 0 Å². The number of rotatable bonds is 5. The lowest BCUT2D eigenvalue weighted by Crippen LogP contribution is -2.10. The van der Waals surface area contributed by atoms with Crippen LogP contribution in [-0.2, 0) is 0 Å². The van der Waals surface area contributed by atoms with Gasteiger partial charge in [-0.05, 0) is 125 Å². The van der Waals surface area contributed by atoms with Gasteiger partial charge in [0.1, 0.15) is 0 Å². The van der Waals surface area contributed by atoms with E-state index in [1.165, 1.54) is 102 Å². The van der Waals surface area contributed by atoms with Crippen molar-refractivity contribution in [2.75, 3.05) is 4.90 Å². The Labute approximate surface area is 340 Å². The van der Waals surface area contributed by atoms with Crippen LogP contribution in [0.3, 0.4) is 0 Å². The molecule has 0 bridgehead atoms. The molecule has 270 valence electrons. The maximum absolute atomic E-state index is 2.43. The number of benzene rings is 11. The molecule has 0 aliphatic carbocycles. The van der Waals surface area contributed by atoms with Crippen molar-refractivity contribution in [1.82, 2.24) is 0 Å². The zero-order valence-electron chi connectivity index (χ0n) is 31.6. The smallest absolute Gasteiger partial charge is 0.0640 e. The average molecular weight is 754 g/mol. The Bertz CT molecular complexity index is 3520. The van der Waals surface area contributed by atoms with Crippen molar-refractivity contribution in [3.63, 3.8) is 0 Å². The highest BCUT2D eigenvalue weighted by Crippen LogP contribution is 2.46. The van der Waals surface area contributed by atoms with E-state index < -0.39 is 0 Å². The van der Waals surface area contributed by atoms with Gasteiger partial charge in [0.2, 0.25) is 0 Å². The summed E-state index contributed by atoms with van der Waals surface area (Å²) in [6.07, 6.45) is 0. The Balaban J connectivity index is 1.00. The number of hydrogen-bond acceptors (Lipinski definition) is 2. The third-order valence-electron chi connectivity index (χ3n) is 12.0. The van der Waals surface area contributed by atoms with E-state index >= 15 is 0 Å². The van der Waals surface area contributed by atoms with Crippen LogP contribution in [0.5, 0.6) is 0 Å². The number of anilines is 3. The minimum absolute atomic E-state index is 1.12. The molecule has 0 radical (unpaired) electrons. The summed E-state index contributed by atoms with van der Waals surface area (Å²) in [5, 5.41) is 15.4. The second-order valence-electron chi connectivity index (χ2n) is 15.2. The number of fused-ring (bicyclic) bond motifs is 12. The molecule has 0 spiro atoms. The topological polar surface area (TPSA) is 3.24 Å². The first-order chi connectivity index (χ1) is 28.8. The van der Waals surface area contributed by atoms with E-state index in [0.29, 0.717) is 0 Å². The first-order valence-electron chi connectivity index (χ1n) is 19.9. The summed E-state index contributed by atoms with van der Waals surface area (Å²) in [7, 11) is 0. The Kier molecular flexibility index (Phi) is 7.47. The van der Waals surface area contributed by atoms with Gasteiger partial charge in [-0.3, -0.25) is 0 Å². The number of hydrogen-bond donors (Lipinski definition) is 0. The molecule has 0 saturated carbocycles. The highest BCUT2D eigenvalue weighted by molar-refractivity contribution is 7.26. The molecular formula is C56H35NS. The quantitative estimate of drug-likeness (QED) is 0.158. The lowest BCUT2D eigenvalue weighted by atomic mass is 9.92. The molecular weight excluding hydrogens is 719 g/mol. The molecule has 0 atom stereocenters.